The largest absolute Gasteiger partial charge is 0.384 e. The summed E-state index contributed by atoms with van der Waals surface area (Å²) in [6.07, 6.45) is 4.18. The molecule has 7 heteroatoms. The first-order valence-electron chi connectivity index (χ1n) is 6.89. The van der Waals surface area contributed by atoms with Crippen LogP contribution in [-0.2, 0) is 10.0 Å². The second kappa shape index (κ2) is 6.73. The van der Waals surface area contributed by atoms with Gasteiger partial charge >= 0.3 is 0 Å². The van der Waals surface area contributed by atoms with Crippen LogP contribution in [-0.4, -0.2) is 24.9 Å². The molecule has 2 aromatic rings. The van der Waals surface area contributed by atoms with Gasteiger partial charge in [0.1, 0.15) is 10.7 Å². The van der Waals surface area contributed by atoms with Crippen molar-refractivity contribution in [3.05, 3.63) is 42.5 Å². The molecule has 1 aromatic heterocycles. The zero-order valence-electron chi connectivity index (χ0n) is 12.1. The molecule has 6 nitrogen and oxygen atoms in total. The summed E-state index contributed by atoms with van der Waals surface area (Å²) in [5.74, 6) is 0.581. The third-order valence-electron chi connectivity index (χ3n) is 3.00. The third kappa shape index (κ3) is 3.83. The molecule has 1 heterocycles. The Hall–Kier alpha value is -1.86. The number of hydrogen-bond donors (Lipinski definition) is 3. The van der Waals surface area contributed by atoms with E-state index >= 15 is 0 Å². The lowest BCUT2D eigenvalue weighted by Gasteiger charge is -2.15. The number of nitrogens with zero attached hydrogens (tertiary/aromatic N) is 1. The fraction of sp³-hybridized carbons (Fsp3) is 0.357. The molecule has 0 amide bonds. The van der Waals surface area contributed by atoms with Crippen LogP contribution in [0.25, 0.3) is 0 Å². The van der Waals surface area contributed by atoms with Crippen molar-refractivity contribution in [2.75, 3.05) is 11.9 Å². The first-order valence-corrected chi connectivity index (χ1v) is 8.37. The number of nitrogens with one attached hydrogen (secondary N) is 3. The molecular weight excluding hydrogens is 288 g/mol. The Balaban J connectivity index is 2.23. The molecule has 0 bridgehead atoms. The van der Waals surface area contributed by atoms with E-state index in [2.05, 4.69) is 20.0 Å². The van der Waals surface area contributed by atoms with Gasteiger partial charge in [0, 0.05) is 18.9 Å². The highest BCUT2D eigenvalue weighted by Crippen LogP contribution is 2.22. The minimum Gasteiger partial charge on any atom is -0.384 e. The fourth-order valence-corrected chi connectivity index (χ4v) is 3.36. The van der Waals surface area contributed by atoms with Crippen molar-refractivity contribution in [1.82, 2.24) is 14.7 Å². The Morgan fingerprint density at radius 2 is 2.10 bits per heavy atom. The maximum absolute atomic E-state index is 12.5. The van der Waals surface area contributed by atoms with E-state index < -0.39 is 16.1 Å². The van der Waals surface area contributed by atoms with Crippen LogP contribution in [0.2, 0.25) is 0 Å². The average Bonchev–Trinajstić information content (AvgIpc) is 2.99. The number of H-pyrrole nitrogens is 1. The maximum atomic E-state index is 12.5. The predicted molar refractivity (Wildman–Crippen MR) is 82.5 cm³/mol. The van der Waals surface area contributed by atoms with E-state index in [-0.39, 0.29) is 4.90 Å². The highest BCUT2D eigenvalue weighted by molar-refractivity contribution is 7.89. The number of benzene rings is 1. The zero-order valence-corrected chi connectivity index (χ0v) is 12.9. The number of imidazole rings is 1. The van der Waals surface area contributed by atoms with E-state index in [1.54, 1.807) is 37.5 Å². The van der Waals surface area contributed by atoms with Crippen molar-refractivity contribution in [3.8, 4) is 0 Å². The van der Waals surface area contributed by atoms with Crippen molar-refractivity contribution >= 4 is 15.7 Å². The Labute approximate surface area is 125 Å². The van der Waals surface area contributed by atoms with Gasteiger partial charge in [0.25, 0.3) is 0 Å². The molecule has 0 aliphatic heterocycles. The molecule has 1 aromatic carbocycles. The van der Waals surface area contributed by atoms with Gasteiger partial charge in [-0.3, -0.25) is 0 Å². The molecular formula is C14H20N4O2S. The van der Waals surface area contributed by atoms with Crippen LogP contribution in [0.1, 0.15) is 32.1 Å². The summed E-state index contributed by atoms with van der Waals surface area (Å²) in [7, 11) is -3.62. The number of hydrogen-bond acceptors (Lipinski definition) is 4. The molecule has 0 aliphatic rings. The summed E-state index contributed by atoms with van der Waals surface area (Å²) >= 11 is 0. The average molecular weight is 308 g/mol. The maximum Gasteiger partial charge on any atom is 0.243 e. The number of aromatic amines is 1. The van der Waals surface area contributed by atoms with Crippen molar-refractivity contribution in [2.24, 2.45) is 0 Å². The molecule has 114 valence electrons. The molecule has 0 saturated heterocycles. The summed E-state index contributed by atoms with van der Waals surface area (Å²) in [5.41, 5.74) is 0.610. The first kappa shape index (κ1) is 15.5. The molecule has 0 radical (unpaired) electrons. The van der Waals surface area contributed by atoms with Gasteiger partial charge in [-0.05, 0) is 25.5 Å². The van der Waals surface area contributed by atoms with E-state index in [0.717, 1.165) is 13.0 Å². The molecule has 3 N–H and O–H groups in total. The van der Waals surface area contributed by atoms with Crippen molar-refractivity contribution in [3.63, 3.8) is 0 Å². The molecule has 1 atom stereocenters. The molecule has 0 aliphatic carbocycles. The van der Waals surface area contributed by atoms with Gasteiger partial charge < -0.3 is 10.3 Å². The van der Waals surface area contributed by atoms with Crippen LogP contribution in [0, 0.1) is 0 Å². The van der Waals surface area contributed by atoms with Crippen LogP contribution in [0.4, 0.5) is 5.69 Å². The SMILES string of the molecule is CCCNc1ccccc1S(=O)(=O)NC(C)c1ncc[nH]1. The monoisotopic (exact) mass is 308 g/mol. The number of aromatic nitrogens is 2. The molecule has 0 fully saturated rings. The molecule has 1 unspecified atom stereocenters. The quantitative estimate of drug-likeness (QED) is 0.732. The summed E-state index contributed by atoms with van der Waals surface area (Å²) in [6, 6.07) is 6.46. The van der Waals surface area contributed by atoms with E-state index in [0.29, 0.717) is 11.5 Å². The topological polar surface area (TPSA) is 86.9 Å². The number of anilines is 1. The number of para-hydroxylation sites is 1. The summed E-state index contributed by atoms with van der Waals surface area (Å²) in [5, 5.41) is 3.13. The minimum atomic E-state index is -3.62. The highest BCUT2D eigenvalue weighted by Gasteiger charge is 2.22. The van der Waals surface area contributed by atoms with Crippen LogP contribution in [0.15, 0.2) is 41.6 Å². The Morgan fingerprint density at radius 1 is 1.33 bits per heavy atom. The Kier molecular flexibility index (Phi) is 4.98. The van der Waals surface area contributed by atoms with Gasteiger partial charge in [-0.25, -0.2) is 18.1 Å². The summed E-state index contributed by atoms with van der Waals surface area (Å²) < 4.78 is 27.7. The number of rotatable bonds is 7. The molecule has 0 saturated carbocycles. The van der Waals surface area contributed by atoms with Gasteiger partial charge in [-0.1, -0.05) is 19.1 Å². The van der Waals surface area contributed by atoms with E-state index in [1.165, 1.54) is 0 Å². The third-order valence-corrected chi connectivity index (χ3v) is 4.60. The van der Waals surface area contributed by atoms with Crippen molar-refractivity contribution in [1.29, 1.82) is 0 Å². The number of sulfonamides is 1. The fourth-order valence-electron chi connectivity index (χ4n) is 1.97. The second-order valence-corrected chi connectivity index (χ2v) is 6.42. The van der Waals surface area contributed by atoms with Gasteiger partial charge in [0.05, 0.1) is 11.7 Å². The highest BCUT2D eigenvalue weighted by atomic mass is 32.2. The van der Waals surface area contributed by atoms with Gasteiger partial charge in [-0.2, -0.15) is 0 Å². The summed E-state index contributed by atoms with van der Waals surface area (Å²) in [6.45, 7) is 4.50. The first-order chi connectivity index (χ1) is 10.0. The lowest BCUT2D eigenvalue weighted by molar-refractivity contribution is 0.561. The Morgan fingerprint density at radius 3 is 2.76 bits per heavy atom. The summed E-state index contributed by atoms with van der Waals surface area (Å²) in [4.78, 5) is 7.22. The molecule has 0 spiro atoms. The van der Waals surface area contributed by atoms with Gasteiger partial charge in [0.2, 0.25) is 10.0 Å². The van der Waals surface area contributed by atoms with Crippen molar-refractivity contribution in [2.45, 2.75) is 31.2 Å². The van der Waals surface area contributed by atoms with Crippen molar-refractivity contribution < 1.29 is 8.42 Å². The Bertz CT molecular complexity index is 668. The van der Waals surface area contributed by atoms with Crippen LogP contribution in [0.5, 0.6) is 0 Å². The molecule has 2 rings (SSSR count). The van der Waals surface area contributed by atoms with Gasteiger partial charge in [-0.15, -0.1) is 0 Å². The zero-order chi connectivity index (χ0) is 15.3. The smallest absolute Gasteiger partial charge is 0.243 e. The standard InChI is InChI=1S/C14H20N4O2S/c1-3-8-15-12-6-4-5-7-13(12)21(19,20)18-11(2)14-16-9-10-17-14/h4-7,9-11,15,18H,3,8H2,1-2H3,(H,16,17). The van der Waals surface area contributed by atoms with Gasteiger partial charge in [0.15, 0.2) is 0 Å². The lowest BCUT2D eigenvalue weighted by atomic mass is 10.3. The van der Waals surface area contributed by atoms with E-state index in [1.807, 2.05) is 13.0 Å². The lowest BCUT2D eigenvalue weighted by Crippen LogP contribution is -2.28. The van der Waals surface area contributed by atoms with E-state index in [9.17, 15) is 8.42 Å². The second-order valence-electron chi connectivity index (χ2n) is 4.74. The predicted octanol–water partition coefficient (Wildman–Crippen LogP) is 2.27. The molecule has 21 heavy (non-hydrogen) atoms. The normalized spacial score (nSPS) is 13.0. The van der Waals surface area contributed by atoms with E-state index in [4.69, 9.17) is 0 Å². The van der Waals surface area contributed by atoms with Crippen LogP contribution < -0.4 is 10.0 Å². The minimum absolute atomic E-state index is 0.247. The van der Waals surface area contributed by atoms with Crippen LogP contribution >= 0.6 is 0 Å². The van der Waals surface area contributed by atoms with Crippen LogP contribution in [0.3, 0.4) is 0 Å².